The smallest absolute Gasteiger partial charge is 0.251 e. The lowest BCUT2D eigenvalue weighted by Gasteiger charge is -2.47. The molecule has 3 aromatic rings. The molecule has 5 aliphatic rings. The van der Waals surface area contributed by atoms with E-state index in [0.717, 1.165) is 65.9 Å². The van der Waals surface area contributed by atoms with Gasteiger partial charge in [-0.1, -0.05) is 37.6 Å². The summed E-state index contributed by atoms with van der Waals surface area (Å²) < 4.78 is 7.53. The average Bonchev–Trinajstić information content (AvgIpc) is 3.61. The van der Waals surface area contributed by atoms with E-state index in [1.807, 2.05) is 21.9 Å². The summed E-state index contributed by atoms with van der Waals surface area (Å²) in [7, 11) is 0. The number of halogens is 1. The van der Waals surface area contributed by atoms with E-state index >= 15 is 0 Å². The molecule has 1 unspecified atom stereocenters. The maximum Gasteiger partial charge on any atom is 0.251 e. The van der Waals surface area contributed by atoms with Gasteiger partial charge >= 0.3 is 0 Å². The summed E-state index contributed by atoms with van der Waals surface area (Å²) >= 11 is 6.76. The van der Waals surface area contributed by atoms with Crippen LogP contribution in [0.5, 0.6) is 0 Å². The first-order valence-electron chi connectivity index (χ1n) is 16.7. The number of hydrogen-bond donors (Lipinski definition) is 0. The molecule has 0 N–H and O–H groups in total. The lowest BCUT2D eigenvalue weighted by molar-refractivity contribution is -0.158. The highest BCUT2D eigenvalue weighted by molar-refractivity contribution is 6.34. The van der Waals surface area contributed by atoms with Gasteiger partial charge in [0.05, 0.1) is 29.6 Å². The molecular weight excluding hydrogens is 588 g/mol. The molecule has 2 aromatic heterocycles. The van der Waals surface area contributed by atoms with E-state index in [9.17, 15) is 9.59 Å². The summed E-state index contributed by atoms with van der Waals surface area (Å²) in [5, 5.41) is 0.432. The lowest BCUT2D eigenvalue weighted by Crippen LogP contribution is -2.58. The van der Waals surface area contributed by atoms with Crippen LogP contribution >= 0.6 is 11.6 Å². The van der Waals surface area contributed by atoms with Crippen LogP contribution in [0.2, 0.25) is 5.15 Å². The van der Waals surface area contributed by atoms with E-state index in [4.69, 9.17) is 21.3 Å². The first-order valence-corrected chi connectivity index (χ1v) is 17.1. The molecule has 1 aromatic carbocycles. The number of anilines is 1. The number of amides is 2. The third-order valence-corrected chi connectivity index (χ3v) is 11.6. The van der Waals surface area contributed by atoms with E-state index in [-0.39, 0.29) is 30.0 Å². The van der Waals surface area contributed by atoms with Crippen molar-refractivity contribution < 1.29 is 14.3 Å². The number of imidazole rings is 1. The van der Waals surface area contributed by atoms with Gasteiger partial charge in [-0.15, -0.1) is 0 Å². The molecule has 0 radical (unpaired) electrons. The molecule has 6 heterocycles. The van der Waals surface area contributed by atoms with Crippen LogP contribution in [0, 0.1) is 5.41 Å². The zero-order valence-corrected chi connectivity index (χ0v) is 27.5. The molecule has 1 saturated carbocycles. The van der Waals surface area contributed by atoms with Gasteiger partial charge < -0.3 is 19.1 Å². The summed E-state index contributed by atoms with van der Waals surface area (Å²) in [6.45, 7) is 13.0. The number of aromatic nitrogens is 3. The van der Waals surface area contributed by atoms with Crippen LogP contribution in [0.25, 0.3) is 22.3 Å². The highest BCUT2D eigenvalue weighted by Gasteiger charge is 2.56. The number of ether oxygens (including phenoxy) is 1. The standard InChI is InChI=1S/C35H43ClN6O3/c1-21(2)41-20-37-27-18-26(38-31(36)30(27)41)22-5-6-25-28(15-22)42(24-16-23(17-24)40-11-8-34(3,4)19-40)33(44)35(25)9-12-39(13-10-35)32(43)29-7-14-45-29/h5-6,15,18,20-21,23-24,29H,7-14,16-17,19H2,1-4H3. The van der Waals surface area contributed by atoms with Gasteiger partial charge in [0.1, 0.15) is 11.6 Å². The zero-order chi connectivity index (χ0) is 31.2. The van der Waals surface area contributed by atoms with Gasteiger partial charge in [0.2, 0.25) is 5.91 Å². The minimum absolute atomic E-state index is 0.0719. The Morgan fingerprint density at radius 1 is 1.07 bits per heavy atom. The fraction of sp³-hybridized carbons (Fsp3) is 0.600. The van der Waals surface area contributed by atoms with Gasteiger partial charge in [-0.2, -0.15) is 0 Å². The first kappa shape index (κ1) is 29.4. The lowest BCUT2D eigenvalue weighted by atomic mass is 9.73. The number of rotatable bonds is 5. The average molecular weight is 631 g/mol. The van der Waals surface area contributed by atoms with Crippen LogP contribution in [-0.2, 0) is 19.7 Å². The fourth-order valence-corrected chi connectivity index (χ4v) is 8.71. The molecule has 2 amide bonds. The molecule has 8 rings (SSSR count). The number of hydrogen-bond acceptors (Lipinski definition) is 6. The largest absolute Gasteiger partial charge is 0.368 e. The van der Waals surface area contributed by atoms with Crippen molar-refractivity contribution in [1.29, 1.82) is 0 Å². The Labute approximate surface area is 269 Å². The molecule has 0 bridgehead atoms. The number of nitrogens with zero attached hydrogens (tertiary/aromatic N) is 6. The van der Waals surface area contributed by atoms with Crippen molar-refractivity contribution in [3.8, 4) is 11.3 Å². The van der Waals surface area contributed by atoms with E-state index in [0.29, 0.717) is 49.1 Å². The van der Waals surface area contributed by atoms with Crippen molar-refractivity contribution in [3.63, 3.8) is 0 Å². The number of carbonyl (C=O) groups excluding carboxylic acids is 2. The van der Waals surface area contributed by atoms with Gasteiger partial charge in [-0.05, 0) is 75.6 Å². The number of benzene rings is 1. The molecule has 1 atom stereocenters. The Hall–Kier alpha value is -3.01. The number of fused-ring (bicyclic) bond motifs is 3. The highest BCUT2D eigenvalue weighted by Crippen LogP contribution is 2.52. The second-order valence-electron chi connectivity index (χ2n) is 15.0. The van der Waals surface area contributed by atoms with E-state index in [1.54, 1.807) is 0 Å². The van der Waals surface area contributed by atoms with E-state index in [2.05, 4.69) is 60.7 Å². The predicted molar refractivity (Wildman–Crippen MR) is 174 cm³/mol. The minimum atomic E-state index is -0.614. The third-order valence-electron chi connectivity index (χ3n) is 11.3. The van der Waals surface area contributed by atoms with E-state index < -0.39 is 5.41 Å². The Morgan fingerprint density at radius 2 is 1.82 bits per heavy atom. The van der Waals surface area contributed by atoms with Gasteiger partial charge in [0, 0.05) is 55.4 Å². The minimum Gasteiger partial charge on any atom is -0.368 e. The van der Waals surface area contributed by atoms with Gasteiger partial charge in [0.25, 0.3) is 5.91 Å². The molecular formula is C35H43ClN6O3. The SMILES string of the molecule is CC(C)n1cnc2cc(-c3ccc4c(c3)N(C3CC(N5CCC(C)(C)C5)C3)C(=O)C43CCN(C(=O)C4CCO4)CC3)nc(Cl)c21. The van der Waals surface area contributed by atoms with Gasteiger partial charge in [0.15, 0.2) is 5.15 Å². The normalized spacial score (nSPS) is 27.3. The summed E-state index contributed by atoms with van der Waals surface area (Å²) in [6.07, 6.45) is 6.78. The number of piperidine rings is 1. The summed E-state index contributed by atoms with van der Waals surface area (Å²) in [5.41, 5.74) is 5.16. The molecule has 4 fully saturated rings. The second-order valence-corrected chi connectivity index (χ2v) is 15.4. The summed E-state index contributed by atoms with van der Waals surface area (Å²) in [6, 6.07) is 9.28. The molecule has 9 nitrogen and oxygen atoms in total. The van der Waals surface area contributed by atoms with Crippen LogP contribution in [0.15, 0.2) is 30.6 Å². The van der Waals surface area contributed by atoms with Crippen molar-refractivity contribution in [2.45, 2.75) is 95.9 Å². The summed E-state index contributed by atoms with van der Waals surface area (Å²) in [4.78, 5) is 43.8. The van der Waals surface area contributed by atoms with Gasteiger partial charge in [-0.25, -0.2) is 9.97 Å². The number of pyridine rings is 1. The first-order chi connectivity index (χ1) is 21.5. The van der Waals surface area contributed by atoms with Crippen molar-refractivity contribution >= 4 is 40.1 Å². The quantitative estimate of drug-likeness (QED) is 0.342. The maximum atomic E-state index is 14.7. The maximum absolute atomic E-state index is 14.7. The highest BCUT2D eigenvalue weighted by atomic mass is 35.5. The molecule has 45 heavy (non-hydrogen) atoms. The Kier molecular flexibility index (Phi) is 6.86. The third kappa shape index (κ3) is 4.63. The van der Waals surface area contributed by atoms with Crippen LogP contribution in [0.3, 0.4) is 0 Å². The van der Waals surface area contributed by atoms with Gasteiger partial charge in [-0.3, -0.25) is 14.5 Å². The zero-order valence-electron chi connectivity index (χ0n) is 26.8. The molecule has 1 spiro atoms. The van der Waals surface area contributed by atoms with Crippen LogP contribution in [0.4, 0.5) is 5.69 Å². The van der Waals surface area contributed by atoms with Crippen molar-refractivity contribution in [1.82, 2.24) is 24.3 Å². The number of carbonyl (C=O) groups is 2. The Morgan fingerprint density at radius 3 is 2.47 bits per heavy atom. The molecule has 1 aliphatic carbocycles. The van der Waals surface area contributed by atoms with Crippen molar-refractivity contribution in [3.05, 3.63) is 41.3 Å². The second kappa shape index (κ2) is 10.5. The topological polar surface area (TPSA) is 83.8 Å². The van der Waals surface area contributed by atoms with Crippen molar-refractivity contribution in [2.24, 2.45) is 5.41 Å². The van der Waals surface area contributed by atoms with E-state index in [1.165, 1.54) is 6.42 Å². The molecule has 238 valence electrons. The predicted octanol–water partition coefficient (Wildman–Crippen LogP) is 5.59. The molecule has 4 aliphatic heterocycles. The van der Waals surface area contributed by atoms with Crippen LogP contribution in [0.1, 0.15) is 77.8 Å². The van der Waals surface area contributed by atoms with Crippen molar-refractivity contribution in [2.75, 3.05) is 37.7 Å². The molecule has 10 heteroatoms. The van der Waals surface area contributed by atoms with Crippen LogP contribution in [-0.4, -0.2) is 87.1 Å². The summed E-state index contributed by atoms with van der Waals surface area (Å²) in [5.74, 6) is 0.270. The van der Waals surface area contributed by atoms with Crippen LogP contribution < -0.4 is 4.90 Å². The Balaban J connectivity index is 1.12. The molecule has 3 saturated heterocycles. The monoisotopic (exact) mass is 630 g/mol. The fourth-order valence-electron chi connectivity index (χ4n) is 8.43. The Bertz CT molecular complexity index is 1680. The number of likely N-dealkylation sites (tertiary alicyclic amines) is 2.